The quantitative estimate of drug-likeness (QED) is 0.786. The highest BCUT2D eigenvalue weighted by Crippen LogP contribution is 2.32. The van der Waals surface area contributed by atoms with Crippen LogP contribution in [-0.2, 0) is 9.59 Å². The number of anilines is 1. The monoisotopic (exact) mass is 369 g/mol. The predicted molar refractivity (Wildman–Crippen MR) is 102 cm³/mol. The number of likely N-dealkylation sites (N-methyl/N-ethyl adjacent to an activating group) is 1. The second-order valence-corrected chi connectivity index (χ2v) is 6.41. The lowest BCUT2D eigenvalue weighted by Gasteiger charge is -2.25. The van der Waals surface area contributed by atoms with Gasteiger partial charge in [0.1, 0.15) is 13.2 Å². The Morgan fingerprint density at radius 3 is 2.41 bits per heavy atom. The second-order valence-electron chi connectivity index (χ2n) is 6.41. The summed E-state index contributed by atoms with van der Waals surface area (Å²) in [5.41, 5.74) is 1.54. The molecule has 3 rings (SSSR count). The van der Waals surface area contributed by atoms with Crippen LogP contribution in [0.5, 0.6) is 11.5 Å². The molecule has 0 aliphatic carbocycles. The van der Waals surface area contributed by atoms with Crippen LogP contribution >= 0.6 is 0 Å². The Labute approximate surface area is 158 Å². The van der Waals surface area contributed by atoms with E-state index < -0.39 is 11.8 Å². The highest BCUT2D eigenvalue weighted by molar-refractivity contribution is 6.39. The van der Waals surface area contributed by atoms with Crippen molar-refractivity contribution in [3.63, 3.8) is 0 Å². The van der Waals surface area contributed by atoms with Crippen LogP contribution in [0.25, 0.3) is 0 Å². The molecule has 0 aromatic heterocycles. The smallest absolute Gasteiger partial charge is 0.313 e. The van der Waals surface area contributed by atoms with E-state index in [0.717, 1.165) is 5.56 Å². The summed E-state index contributed by atoms with van der Waals surface area (Å²) < 4.78 is 10.9. The third kappa shape index (κ3) is 4.77. The van der Waals surface area contributed by atoms with E-state index in [0.29, 0.717) is 36.9 Å². The zero-order valence-electron chi connectivity index (χ0n) is 15.4. The van der Waals surface area contributed by atoms with Gasteiger partial charge in [-0.15, -0.1) is 0 Å². The van der Waals surface area contributed by atoms with Gasteiger partial charge in [-0.05, 0) is 31.8 Å². The van der Waals surface area contributed by atoms with Crippen LogP contribution in [0.3, 0.4) is 0 Å². The summed E-state index contributed by atoms with van der Waals surface area (Å²) in [4.78, 5) is 26.4. The molecule has 1 heterocycles. The lowest BCUT2D eigenvalue weighted by atomic mass is 10.1. The molecule has 1 atom stereocenters. The van der Waals surface area contributed by atoms with E-state index in [9.17, 15) is 9.59 Å². The minimum Gasteiger partial charge on any atom is -0.486 e. The Hall–Kier alpha value is -3.06. The van der Waals surface area contributed by atoms with Crippen LogP contribution in [0.4, 0.5) is 5.69 Å². The van der Waals surface area contributed by atoms with Gasteiger partial charge in [0.25, 0.3) is 0 Å². The predicted octanol–water partition coefficient (Wildman–Crippen LogP) is 1.82. The molecule has 1 aliphatic rings. The van der Waals surface area contributed by atoms with Crippen LogP contribution in [0.2, 0.25) is 0 Å². The fourth-order valence-electron chi connectivity index (χ4n) is 2.85. The molecule has 0 saturated carbocycles. The van der Waals surface area contributed by atoms with Crippen LogP contribution in [0.15, 0.2) is 48.5 Å². The van der Waals surface area contributed by atoms with Gasteiger partial charge in [0.05, 0.1) is 6.04 Å². The molecule has 27 heavy (non-hydrogen) atoms. The number of ether oxygens (including phenoxy) is 2. The third-order valence-electron chi connectivity index (χ3n) is 4.27. The van der Waals surface area contributed by atoms with E-state index in [-0.39, 0.29) is 6.04 Å². The molecule has 1 unspecified atom stereocenters. The number of carbonyl (C=O) groups is 2. The molecular formula is C20H23N3O4. The molecule has 1 aliphatic heterocycles. The van der Waals surface area contributed by atoms with Crippen molar-refractivity contribution in [1.82, 2.24) is 10.2 Å². The molecule has 0 radical (unpaired) electrons. The van der Waals surface area contributed by atoms with Crippen LogP contribution in [0, 0.1) is 0 Å². The Kier molecular flexibility index (Phi) is 5.93. The summed E-state index contributed by atoms with van der Waals surface area (Å²) in [5.74, 6) is -0.235. The van der Waals surface area contributed by atoms with Gasteiger partial charge in [0.2, 0.25) is 0 Å². The number of amides is 2. The molecule has 2 amide bonds. The van der Waals surface area contributed by atoms with Crippen molar-refractivity contribution in [3.05, 3.63) is 54.1 Å². The highest BCUT2D eigenvalue weighted by atomic mass is 16.6. The van der Waals surface area contributed by atoms with E-state index in [4.69, 9.17) is 9.47 Å². The average molecular weight is 369 g/mol. The van der Waals surface area contributed by atoms with Gasteiger partial charge in [-0.1, -0.05) is 30.3 Å². The van der Waals surface area contributed by atoms with Gasteiger partial charge in [-0.3, -0.25) is 9.59 Å². The Morgan fingerprint density at radius 1 is 1.00 bits per heavy atom. The van der Waals surface area contributed by atoms with Crippen molar-refractivity contribution in [2.75, 3.05) is 39.2 Å². The van der Waals surface area contributed by atoms with E-state index in [2.05, 4.69) is 10.6 Å². The van der Waals surface area contributed by atoms with E-state index in [1.807, 2.05) is 49.3 Å². The minimum atomic E-state index is -0.725. The number of fused-ring (bicyclic) bond motifs is 1. The van der Waals surface area contributed by atoms with Crippen LogP contribution in [-0.4, -0.2) is 50.6 Å². The van der Waals surface area contributed by atoms with Gasteiger partial charge in [0.15, 0.2) is 11.5 Å². The molecule has 142 valence electrons. The molecule has 0 fully saturated rings. The summed E-state index contributed by atoms with van der Waals surface area (Å²) in [6, 6.07) is 14.8. The normalized spacial score (nSPS) is 13.7. The molecule has 2 aromatic carbocycles. The molecule has 7 nitrogen and oxygen atoms in total. The fourth-order valence-corrected chi connectivity index (χ4v) is 2.85. The van der Waals surface area contributed by atoms with Crippen molar-refractivity contribution in [2.24, 2.45) is 0 Å². The minimum absolute atomic E-state index is 0.0303. The number of hydrogen-bond acceptors (Lipinski definition) is 5. The number of rotatable bonds is 5. The Balaban J connectivity index is 1.58. The lowest BCUT2D eigenvalue weighted by molar-refractivity contribution is -0.136. The van der Waals surface area contributed by atoms with E-state index in [1.54, 1.807) is 18.2 Å². The van der Waals surface area contributed by atoms with Crippen molar-refractivity contribution < 1.29 is 19.1 Å². The summed E-state index contributed by atoms with van der Waals surface area (Å²) in [6.07, 6.45) is 0. The summed E-state index contributed by atoms with van der Waals surface area (Å²) in [6.45, 7) is 1.27. The third-order valence-corrected chi connectivity index (χ3v) is 4.27. The molecular weight excluding hydrogens is 346 g/mol. The highest BCUT2D eigenvalue weighted by Gasteiger charge is 2.19. The van der Waals surface area contributed by atoms with Crippen molar-refractivity contribution >= 4 is 17.5 Å². The number of hydrogen-bond donors (Lipinski definition) is 2. The summed E-state index contributed by atoms with van der Waals surface area (Å²) in [7, 11) is 3.86. The first-order valence-electron chi connectivity index (χ1n) is 8.75. The van der Waals surface area contributed by atoms with Gasteiger partial charge in [-0.25, -0.2) is 0 Å². The first-order valence-corrected chi connectivity index (χ1v) is 8.75. The number of carbonyl (C=O) groups excluding carboxylic acids is 2. The lowest BCUT2D eigenvalue weighted by Crippen LogP contribution is -2.40. The van der Waals surface area contributed by atoms with Crippen LogP contribution in [0.1, 0.15) is 11.6 Å². The van der Waals surface area contributed by atoms with Crippen molar-refractivity contribution in [2.45, 2.75) is 6.04 Å². The number of benzene rings is 2. The van der Waals surface area contributed by atoms with Gasteiger partial charge in [0, 0.05) is 18.3 Å². The first kappa shape index (κ1) is 18.7. The molecule has 0 bridgehead atoms. The standard InChI is InChI=1S/C20H23N3O4/c1-23(2)16(14-6-4-3-5-7-14)13-21-19(24)20(25)22-15-8-9-17-18(12-15)27-11-10-26-17/h3-9,12,16H,10-11,13H2,1-2H3,(H,21,24)(H,22,25). The average Bonchev–Trinajstić information content (AvgIpc) is 2.68. The number of nitrogens with zero attached hydrogens (tertiary/aromatic N) is 1. The van der Waals surface area contributed by atoms with Crippen molar-refractivity contribution in [3.8, 4) is 11.5 Å². The summed E-state index contributed by atoms with van der Waals surface area (Å²) >= 11 is 0. The van der Waals surface area contributed by atoms with Crippen molar-refractivity contribution in [1.29, 1.82) is 0 Å². The largest absolute Gasteiger partial charge is 0.486 e. The zero-order valence-corrected chi connectivity index (χ0v) is 15.4. The van der Waals surface area contributed by atoms with Gasteiger partial charge in [-0.2, -0.15) is 0 Å². The molecule has 0 spiro atoms. The molecule has 2 N–H and O–H groups in total. The second kappa shape index (κ2) is 8.55. The topological polar surface area (TPSA) is 79.9 Å². The van der Waals surface area contributed by atoms with E-state index >= 15 is 0 Å². The van der Waals surface area contributed by atoms with Crippen LogP contribution < -0.4 is 20.1 Å². The maximum Gasteiger partial charge on any atom is 0.313 e. The maximum absolute atomic E-state index is 12.2. The SMILES string of the molecule is CN(C)C(CNC(=O)C(=O)Nc1ccc2c(c1)OCCO2)c1ccccc1. The van der Waals surface area contributed by atoms with E-state index in [1.165, 1.54) is 0 Å². The van der Waals surface area contributed by atoms with Gasteiger partial charge >= 0.3 is 11.8 Å². The van der Waals surface area contributed by atoms with Gasteiger partial charge < -0.3 is 25.0 Å². The fraction of sp³-hybridized carbons (Fsp3) is 0.300. The zero-order chi connectivity index (χ0) is 19.2. The summed E-state index contributed by atoms with van der Waals surface area (Å²) in [5, 5.41) is 5.28. The Bertz CT molecular complexity index is 808. The first-order chi connectivity index (χ1) is 13.0. The maximum atomic E-state index is 12.2. The molecule has 0 saturated heterocycles. The number of nitrogens with one attached hydrogen (secondary N) is 2. The molecule has 2 aromatic rings. The molecule has 7 heteroatoms. The Morgan fingerprint density at radius 2 is 1.70 bits per heavy atom.